The van der Waals surface area contributed by atoms with Crippen molar-refractivity contribution < 1.29 is 14.7 Å². The number of fused-ring (bicyclic) bond motifs is 1. The van der Waals surface area contributed by atoms with Gasteiger partial charge >= 0.3 is 5.97 Å². The lowest BCUT2D eigenvalue weighted by atomic mass is 10.0. The molecule has 1 amide bonds. The van der Waals surface area contributed by atoms with Crippen molar-refractivity contribution in [3.05, 3.63) is 76.1 Å². The van der Waals surface area contributed by atoms with Gasteiger partial charge in [-0.3, -0.25) is 4.79 Å². The molecule has 1 aromatic heterocycles. The Morgan fingerprint density at radius 1 is 1.14 bits per heavy atom. The smallest absolute Gasteiger partial charge is 0.335 e. The van der Waals surface area contributed by atoms with Crippen LogP contribution in [0, 0.1) is 13.8 Å². The zero-order chi connectivity index (χ0) is 19.8. The molecule has 4 rings (SSSR count). The number of carbonyl (C=O) groups is 2. The van der Waals surface area contributed by atoms with Gasteiger partial charge in [-0.2, -0.15) is 0 Å². The summed E-state index contributed by atoms with van der Waals surface area (Å²) in [4.78, 5) is 33.9. The van der Waals surface area contributed by atoms with Crippen molar-refractivity contribution >= 4 is 11.9 Å². The zero-order valence-electron chi connectivity index (χ0n) is 15.8. The van der Waals surface area contributed by atoms with E-state index in [0.717, 1.165) is 33.6 Å². The van der Waals surface area contributed by atoms with Gasteiger partial charge in [0.2, 0.25) is 0 Å². The number of carbonyl (C=O) groups excluding carboxylic acids is 1. The van der Waals surface area contributed by atoms with Gasteiger partial charge in [0.15, 0.2) is 0 Å². The normalized spacial score (nSPS) is 13.3. The molecule has 2 N–H and O–H groups in total. The fourth-order valence-corrected chi connectivity index (χ4v) is 3.63. The first kappa shape index (κ1) is 18.0. The molecule has 28 heavy (non-hydrogen) atoms. The van der Waals surface area contributed by atoms with Gasteiger partial charge in [0.1, 0.15) is 5.82 Å². The lowest BCUT2D eigenvalue weighted by Gasteiger charge is -2.27. The topological polar surface area (TPSA) is 86.3 Å². The van der Waals surface area contributed by atoms with Gasteiger partial charge in [0.25, 0.3) is 5.91 Å². The van der Waals surface area contributed by atoms with Gasteiger partial charge in [-0.05, 0) is 37.6 Å². The van der Waals surface area contributed by atoms with Crippen LogP contribution >= 0.6 is 0 Å². The van der Waals surface area contributed by atoms with E-state index in [0.29, 0.717) is 25.3 Å². The number of carboxylic acid groups (broad SMARTS) is 1. The summed E-state index contributed by atoms with van der Waals surface area (Å²) in [6.45, 7) is 5.05. The molecule has 3 aromatic rings. The Kier molecular flexibility index (Phi) is 4.47. The highest BCUT2D eigenvalue weighted by Gasteiger charge is 2.25. The number of amides is 1. The van der Waals surface area contributed by atoms with E-state index in [-0.39, 0.29) is 11.5 Å². The zero-order valence-corrected chi connectivity index (χ0v) is 15.8. The molecule has 0 fully saturated rings. The van der Waals surface area contributed by atoms with Crippen LogP contribution in [-0.4, -0.2) is 38.4 Å². The van der Waals surface area contributed by atoms with Crippen LogP contribution in [0.1, 0.15) is 43.2 Å². The number of nitrogens with one attached hydrogen (secondary N) is 1. The maximum Gasteiger partial charge on any atom is 0.335 e. The maximum absolute atomic E-state index is 13.0. The second-order valence-corrected chi connectivity index (χ2v) is 7.19. The minimum atomic E-state index is -0.969. The molecule has 142 valence electrons. The first-order valence-electron chi connectivity index (χ1n) is 9.20. The number of hydrogen-bond acceptors (Lipinski definition) is 3. The molecule has 0 unspecified atom stereocenters. The first-order chi connectivity index (χ1) is 13.4. The van der Waals surface area contributed by atoms with E-state index >= 15 is 0 Å². The predicted octanol–water partition coefficient (Wildman–Crippen LogP) is 3.59. The summed E-state index contributed by atoms with van der Waals surface area (Å²) in [6.07, 6.45) is 0.668. The maximum atomic E-state index is 13.0. The van der Waals surface area contributed by atoms with Crippen LogP contribution in [0.15, 0.2) is 42.5 Å². The SMILES string of the molecule is Cc1ccc(C(=O)N2CCc3nc(-c4cccc(C(=O)O)c4)[nH]c3C2)c(C)c1. The molecule has 0 bridgehead atoms. The number of H-pyrrole nitrogens is 1. The molecule has 0 atom stereocenters. The highest BCUT2D eigenvalue weighted by atomic mass is 16.4. The lowest BCUT2D eigenvalue weighted by molar-refractivity contribution is 0.0694. The lowest BCUT2D eigenvalue weighted by Crippen LogP contribution is -2.36. The van der Waals surface area contributed by atoms with Gasteiger partial charge in [-0.25, -0.2) is 9.78 Å². The molecule has 0 saturated heterocycles. The fourth-order valence-electron chi connectivity index (χ4n) is 3.63. The molecule has 0 saturated carbocycles. The van der Waals surface area contributed by atoms with Crippen LogP contribution in [0.2, 0.25) is 0 Å². The Labute approximate surface area is 162 Å². The Hall–Kier alpha value is -3.41. The molecule has 1 aliphatic heterocycles. The van der Waals surface area contributed by atoms with E-state index in [1.54, 1.807) is 18.2 Å². The fraction of sp³-hybridized carbons (Fsp3) is 0.227. The summed E-state index contributed by atoms with van der Waals surface area (Å²) in [6, 6.07) is 12.6. The van der Waals surface area contributed by atoms with Crippen LogP contribution in [0.25, 0.3) is 11.4 Å². The number of aromatic amines is 1. The first-order valence-corrected chi connectivity index (χ1v) is 9.20. The number of nitrogens with zero attached hydrogens (tertiary/aromatic N) is 2. The van der Waals surface area contributed by atoms with Crippen molar-refractivity contribution in [2.75, 3.05) is 6.54 Å². The van der Waals surface area contributed by atoms with Gasteiger partial charge in [0.05, 0.1) is 23.5 Å². The number of aryl methyl sites for hydroxylation is 2. The van der Waals surface area contributed by atoms with Crippen molar-refractivity contribution in [1.29, 1.82) is 0 Å². The summed E-state index contributed by atoms with van der Waals surface area (Å²) in [7, 11) is 0. The van der Waals surface area contributed by atoms with Crippen molar-refractivity contribution in [3.8, 4) is 11.4 Å². The van der Waals surface area contributed by atoms with Gasteiger partial charge in [0, 0.05) is 24.1 Å². The largest absolute Gasteiger partial charge is 0.478 e. The number of rotatable bonds is 3. The van der Waals surface area contributed by atoms with E-state index < -0.39 is 5.97 Å². The van der Waals surface area contributed by atoms with E-state index in [1.807, 2.05) is 43.0 Å². The second-order valence-electron chi connectivity index (χ2n) is 7.19. The van der Waals surface area contributed by atoms with E-state index in [9.17, 15) is 14.7 Å². The summed E-state index contributed by atoms with van der Waals surface area (Å²) < 4.78 is 0. The van der Waals surface area contributed by atoms with Gasteiger partial charge in [-0.15, -0.1) is 0 Å². The summed E-state index contributed by atoms with van der Waals surface area (Å²) >= 11 is 0. The number of benzene rings is 2. The monoisotopic (exact) mass is 375 g/mol. The predicted molar refractivity (Wildman–Crippen MR) is 105 cm³/mol. The molecular weight excluding hydrogens is 354 g/mol. The Bertz CT molecular complexity index is 1080. The van der Waals surface area contributed by atoms with Crippen LogP contribution in [-0.2, 0) is 13.0 Å². The van der Waals surface area contributed by atoms with Crippen molar-refractivity contribution in [2.24, 2.45) is 0 Å². The minimum absolute atomic E-state index is 0.0205. The highest BCUT2D eigenvalue weighted by molar-refractivity contribution is 5.95. The number of hydrogen-bond donors (Lipinski definition) is 2. The summed E-state index contributed by atoms with van der Waals surface area (Å²) in [5.74, 6) is -0.315. The third-order valence-corrected chi connectivity index (χ3v) is 5.11. The van der Waals surface area contributed by atoms with Crippen LogP contribution in [0.4, 0.5) is 0 Å². The molecule has 0 spiro atoms. The molecule has 1 aliphatic rings. The van der Waals surface area contributed by atoms with Crippen LogP contribution < -0.4 is 0 Å². The number of aromatic carboxylic acids is 1. The van der Waals surface area contributed by atoms with Crippen molar-refractivity contribution in [3.63, 3.8) is 0 Å². The third kappa shape index (κ3) is 3.29. The number of imidazole rings is 1. The molecule has 2 aromatic carbocycles. The average molecular weight is 375 g/mol. The highest BCUT2D eigenvalue weighted by Crippen LogP contribution is 2.25. The number of carboxylic acids is 1. The van der Waals surface area contributed by atoms with Gasteiger partial charge < -0.3 is 15.0 Å². The summed E-state index contributed by atoms with van der Waals surface area (Å²) in [5.41, 5.74) is 5.62. The molecule has 0 radical (unpaired) electrons. The molecule has 2 heterocycles. The van der Waals surface area contributed by atoms with Gasteiger partial charge in [-0.1, -0.05) is 29.8 Å². The van der Waals surface area contributed by atoms with Crippen LogP contribution in [0.5, 0.6) is 0 Å². The minimum Gasteiger partial charge on any atom is -0.478 e. The Balaban J connectivity index is 1.59. The van der Waals surface area contributed by atoms with E-state index in [4.69, 9.17) is 0 Å². The van der Waals surface area contributed by atoms with Crippen molar-refractivity contribution in [1.82, 2.24) is 14.9 Å². The molecular formula is C22H21N3O3. The Morgan fingerprint density at radius 3 is 2.71 bits per heavy atom. The summed E-state index contributed by atoms with van der Waals surface area (Å²) in [5, 5.41) is 9.19. The molecule has 6 heteroatoms. The standard InChI is InChI=1S/C22H21N3O3/c1-13-6-7-17(14(2)10-13)21(26)25-9-8-18-19(12-25)24-20(23-18)15-4-3-5-16(11-15)22(27)28/h3-7,10-11H,8-9,12H2,1-2H3,(H,23,24)(H,27,28). The second kappa shape index (κ2) is 6.96. The van der Waals surface area contributed by atoms with Crippen molar-refractivity contribution in [2.45, 2.75) is 26.8 Å². The van der Waals surface area contributed by atoms with Crippen LogP contribution in [0.3, 0.4) is 0 Å². The van der Waals surface area contributed by atoms with E-state index in [1.165, 1.54) is 0 Å². The van der Waals surface area contributed by atoms with E-state index in [2.05, 4.69) is 9.97 Å². The molecule has 0 aliphatic carbocycles. The quantitative estimate of drug-likeness (QED) is 0.732. The average Bonchev–Trinajstić information content (AvgIpc) is 3.11. The number of aromatic nitrogens is 2. The third-order valence-electron chi connectivity index (χ3n) is 5.11. The Morgan fingerprint density at radius 2 is 1.96 bits per heavy atom. The molecule has 6 nitrogen and oxygen atoms in total.